The van der Waals surface area contributed by atoms with E-state index < -0.39 is 17.7 Å². The predicted octanol–water partition coefficient (Wildman–Crippen LogP) is 3.54. The number of nitrogens with zero attached hydrogens (tertiary/aromatic N) is 2. The molecule has 1 saturated heterocycles. The van der Waals surface area contributed by atoms with Gasteiger partial charge in [0.15, 0.2) is 0 Å². The third-order valence-corrected chi connectivity index (χ3v) is 5.25. The number of benzene rings is 2. The Bertz CT molecular complexity index is 1010. The highest BCUT2D eigenvalue weighted by atomic mass is 16.5. The average Bonchev–Trinajstić information content (AvgIpc) is 3.01. The van der Waals surface area contributed by atoms with Crippen LogP contribution in [0, 0.1) is 6.92 Å². The van der Waals surface area contributed by atoms with E-state index in [1.54, 1.807) is 24.3 Å². The fourth-order valence-corrected chi connectivity index (χ4v) is 3.66. The second kappa shape index (κ2) is 9.62. The lowest BCUT2D eigenvalue weighted by molar-refractivity contribution is -0.140. The molecular weight excluding hydrogens is 392 g/mol. The highest BCUT2D eigenvalue weighted by molar-refractivity contribution is 6.46. The highest BCUT2D eigenvalue weighted by Gasteiger charge is 2.45. The number of Topliss-reactive ketones (excluding diaryl/α,β-unsaturated/α-hetero) is 1. The van der Waals surface area contributed by atoms with Gasteiger partial charge in [0.2, 0.25) is 0 Å². The monoisotopic (exact) mass is 420 g/mol. The minimum Gasteiger partial charge on any atom is -0.507 e. The molecule has 1 atom stereocenters. The van der Waals surface area contributed by atoms with Crippen molar-refractivity contribution in [1.29, 1.82) is 0 Å². The molecule has 162 valence electrons. The topological polar surface area (TPSA) is 70.1 Å². The average molecular weight is 421 g/mol. The molecule has 0 spiro atoms. The van der Waals surface area contributed by atoms with Crippen molar-refractivity contribution in [3.8, 4) is 5.75 Å². The second-order valence-corrected chi connectivity index (χ2v) is 7.79. The Morgan fingerprint density at radius 2 is 1.90 bits per heavy atom. The summed E-state index contributed by atoms with van der Waals surface area (Å²) in [7, 11) is 3.82. The maximum atomic E-state index is 13.0. The van der Waals surface area contributed by atoms with E-state index in [1.165, 1.54) is 4.90 Å². The molecule has 1 N–H and O–H groups in total. The van der Waals surface area contributed by atoms with Crippen molar-refractivity contribution in [2.24, 2.45) is 0 Å². The maximum absolute atomic E-state index is 13.0. The minimum atomic E-state index is -0.672. The molecule has 6 nitrogen and oxygen atoms in total. The third-order valence-electron chi connectivity index (χ3n) is 5.25. The SMILES string of the molecule is C=CCOc1ccc(C(O)=C2C(=O)C(=O)N(CCN(C)C)[C@H]2c2ccccc2)cc1C. The molecule has 0 saturated carbocycles. The zero-order valence-electron chi connectivity index (χ0n) is 18.2. The van der Waals surface area contributed by atoms with E-state index in [4.69, 9.17) is 4.74 Å². The van der Waals surface area contributed by atoms with Crippen molar-refractivity contribution < 1.29 is 19.4 Å². The van der Waals surface area contributed by atoms with Crippen LogP contribution in [0.3, 0.4) is 0 Å². The first-order chi connectivity index (χ1) is 14.8. The number of likely N-dealkylation sites (N-methyl/N-ethyl adjacent to an activating group) is 1. The van der Waals surface area contributed by atoms with Crippen LogP contribution in [0.25, 0.3) is 5.76 Å². The Kier molecular flexibility index (Phi) is 6.92. The lowest BCUT2D eigenvalue weighted by Crippen LogP contribution is -2.35. The maximum Gasteiger partial charge on any atom is 0.295 e. The van der Waals surface area contributed by atoms with Crippen LogP contribution in [0.1, 0.15) is 22.7 Å². The summed E-state index contributed by atoms with van der Waals surface area (Å²) in [4.78, 5) is 29.4. The fraction of sp³-hybridized carbons (Fsp3) is 0.280. The van der Waals surface area contributed by atoms with Crippen molar-refractivity contribution in [1.82, 2.24) is 9.80 Å². The molecular formula is C25H28N2O4. The number of likely N-dealkylation sites (tertiary alicyclic amines) is 1. The Hall–Kier alpha value is -3.38. The zero-order chi connectivity index (χ0) is 22.5. The molecule has 1 amide bonds. The summed E-state index contributed by atoms with van der Waals surface area (Å²) in [6.45, 7) is 6.85. The molecule has 0 radical (unpaired) electrons. The van der Waals surface area contributed by atoms with Crippen molar-refractivity contribution in [2.75, 3.05) is 33.8 Å². The largest absolute Gasteiger partial charge is 0.507 e. The zero-order valence-corrected chi connectivity index (χ0v) is 18.2. The van der Waals surface area contributed by atoms with E-state index in [9.17, 15) is 14.7 Å². The summed E-state index contributed by atoms with van der Waals surface area (Å²) < 4.78 is 5.60. The number of hydrogen-bond acceptors (Lipinski definition) is 5. The normalized spacial score (nSPS) is 17.9. The summed E-state index contributed by atoms with van der Waals surface area (Å²) in [5.74, 6) is -0.782. The van der Waals surface area contributed by atoms with Gasteiger partial charge in [-0.2, -0.15) is 0 Å². The van der Waals surface area contributed by atoms with Gasteiger partial charge >= 0.3 is 0 Å². The number of carbonyl (C=O) groups excluding carboxylic acids is 2. The van der Waals surface area contributed by atoms with Crippen molar-refractivity contribution in [3.05, 3.63) is 83.4 Å². The quantitative estimate of drug-likeness (QED) is 0.306. The van der Waals surface area contributed by atoms with Gasteiger partial charge in [-0.05, 0) is 50.3 Å². The second-order valence-electron chi connectivity index (χ2n) is 7.79. The predicted molar refractivity (Wildman–Crippen MR) is 121 cm³/mol. The number of hydrogen-bond donors (Lipinski definition) is 1. The molecule has 0 unspecified atom stereocenters. The molecule has 2 aromatic carbocycles. The van der Waals surface area contributed by atoms with Gasteiger partial charge in [-0.25, -0.2) is 0 Å². The van der Waals surface area contributed by atoms with E-state index >= 15 is 0 Å². The molecule has 0 bridgehead atoms. The molecule has 1 fully saturated rings. The number of carbonyl (C=O) groups is 2. The van der Waals surface area contributed by atoms with Gasteiger partial charge in [0.25, 0.3) is 11.7 Å². The Morgan fingerprint density at radius 3 is 2.52 bits per heavy atom. The van der Waals surface area contributed by atoms with Gasteiger partial charge in [0.05, 0.1) is 11.6 Å². The Balaban J connectivity index is 2.08. The van der Waals surface area contributed by atoms with Gasteiger partial charge in [-0.1, -0.05) is 43.0 Å². The molecule has 1 heterocycles. The number of ketones is 1. The fourth-order valence-electron chi connectivity index (χ4n) is 3.66. The smallest absolute Gasteiger partial charge is 0.295 e. The van der Waals surface area contributed by atoms with Crippen LogP contribution < -0.4 is 4.74 Å². The molecule has 1 aliphatic heterocycles. The first kappa shape index (κ1) is 22.3. The van der Waals surface area contributed by atoms with Crippen molar-refractivity contribution >= 4 is 17.4 Å². The molecule has 0 aromatic heterocycles. The van der Waals surface area contributed by atoms with E-state index in [0.717, 1.165) is 11.1 Å². The molecule has 3 rings (SSSR count). The van der Waals surface area contributed by atoms with Crippen LogP contribution >= 0.6 is 0 Å². The van der Waals surface area contributed by atoms with E-state index in [2.05, 4.69) is 6.58 Å². The molecule has 6 heteroatoms. The first-order valence-corrected chi connectivity index (χ1v) is 10.2. The van der Waals surface area contributed by atoms with E-state index in [1.807, 2.05) is 56.3 Å². The van der Waals surface area contributed by atoms with Crippen LogP contribution in [0.15, 0.2) is 66.8 Å². The van der Waals surface area contributed by atoms with Gasteiger partial charge in [0, 0.05) is 18.7 Å². The van der Waals surface area contributed by atoms with Crippen molar-refractivity contribution in [2.45, 2.75) is 13.0 Å². The number of aliphatic hydroxyl groups is 1. The van der Waals surface area contributed by atoms with Crippen LogP contribution in [0.5, 0.6) is 5.75 Å². The summed E-state index contributed by atoms with van der Waals surface area (Å²) in [5, 5.41) is 11.1. The highest BCUT2D eigenvalue weighted by Crippen LogP contribution is 2.39. The summed E-state index contributed by atoms with van der Waals surface area (Å²) in [6.07, 6.45) is 1.66. The van der Waals surface area contributed by atoms with Crippen LogP contribution in [-0.2, 0) is 9.59 Å². The van der Waals surface area contributed by atoms with Gasteiger partial charge in [0.1, 0.15) is 18.1 Å². The Morgan fingerprint density at radius 1 is 1.19 bits per heavy atom. The number of aliphatic hydroxyl groups excluding tert-OH is 1. The molecule has 1 aliphatic rings. The third kappa shape index (κ3) is 4.70. The molecule has 2 aromatic rings. The van der Waals surface area contributed by atoms with Gasteiger partial charge in [-0.15, -0.1) is 0 Å². The van der Waals surface area contributed by atoms with E-state index in [-0.39, 0.29) is 11.3 Å². The van der Waals surface area contributed by atoms with Crippen LogP contribution in [-0.4, -0.2) is 60.4 Å². The molecule has 31 heavy (non-hydrogen) atoms. The van der Waals surface area contributed by atoms with Crippen molar-refractivity contribution in [3.63, 3.8) is 0 Å². The van der Waals surface area contributed by atoms with Crippen LogP contribution in [0.2, 0.25) is 0 Å². The van der Waals surface area contributed by atoms with Gasteiger partial charge < -0.3 is 19.6 Å². The summed E-state index contributed by atoms with van der Waals surface area (Å²) in [6, 6.07) is 13.9. The van der Waals surface area contributed by atoms with Gasteiger partial charge in [-0.3, -0.25) is 9.59 Å². The summed E-state index contributed by atoms with van der Waals surface area (Å²) >= 11 is 0. The summed E-state index contributed by atoms with van der Waals surface area (Å²) in [5.41, 5.74) is 2.16. The molecule has 0 aliphatic carbocycles. The van der Waals surface area contributed by atoms with Crippen LogP contribution in [0.4, 0.5) is 0 Å². The standard InChI is InChI=1S/C25H28N2O4/c1-5-15-31-20-12-11-19(16-17(20)2)23(28)21-22(18-9-7-6-8-10-18)27(14-13-26(3)4)25(30)24(21)29/h5-12,16,22,28H,1,13-15H2,2-4H3/t22-/m0/s1. The number of amides is 1. The lowest BCUT2D eigenvalue weighted by Gasteiger charge is -2.26. The number of aryl methyl sites for hydroxylation is 1. The first-order valence-electron chi connectivity index (χ1n) is 10.2. The van der Waals surface area contributed by atoms with E-state index in [0.29, 0.717) is 31.0 Å². The minimum absolute atomic E-state index is 0.106. The number of rotatable bonds is 8. The number of ether oxygens (including phenoxy) is 1. The Labute approximate surface area is 183 Å². The lowest BCUT2D eigenvalue weighted by atomic mass is 9.95.